The first-order chi connectivity index (χ1) is 36.9. The summed E-state index contributed by atoms with van der Waals surface area (Å²) in [6.45, 7) is 6.97. The lowest BCUT2D eigenvalue weighted by Crippen LogP contribution is -2.47. The molecule has 9 nitrogen and oxygen atoms in total. The van der Waals surface area contributed by atoms with Gasteiger partial charge in [-0.3, -0.25) is 18.6 Å². The minimum Gasteiger partial charge on any atom is -0.456 e. The van der Waals surface area contributed by atoms with Crippen LogP contribution < -0.4 is 5.32 Å². The van der Waals surface area contributed by atoms with Gasteiger partial charge in [0.15, 0.2) is 0 Å². The summed E-state index contributed by atoms with van der Waals surface area (Å²) in [6, 6.07) is -0.859. The summed E-state index contributed by atoms with van der Waals surface area (Å²) >= 11 is 0. The summed E-state index contributed by atoms with van der Waals surface area (Å²) in [4.78, 5) is 37.7. The summed E-state index contributed by atoms with van der Waals surface area (Å²) in [7, 11) is 1.48. The Labute approximate surface area is 470 Å². The summed E-state index contributed by atoms with van der Waals surface area (Å²) in [5, 5.41) is 3.05. The van der Waals surface area contributed by atoms with Crippen molar-refractivity contribution in [3.8, 4) is 0 Å². The van der Waals surface area contributed by atoms with Gasteiger partial charge in [-0.1, -0.05) is 242 Å². The maximum absolute atomic E-state index is 13.5. The van der Waals surface area contributed by atoms with Crippen LogP contribution in [0.15, 0.2) is 72.9 Å². The predicted molar refractivity (Wildman–Crippen MR) is 328 cm³/mol. The van der Waals surface area contributed by atoms with E-state index in [1.807, 2.05) is 33.3 Å². The van der Waals surface area contributed by atoms with Crippen molar-refractivity contribution in [3.05, 3.63) is 72.9 Å². The number of allylic oxidation sites excluding steroid dienone is 11. The number of unbranched alkanes of at least 4 members (excludes halogenated alkanes) is 31. The van der Waals surface area contributed by atoms with Crippen molar-refractivity contribution < 1.29 is 37.3 Å². The molecule has 0 rings (SSSR count). The van der Waals surface area contributed by atoms with E-state index >= 15 is 0 Å². The Morgan fingerprint density at radius 2 is 0.803 bits per heavy atom. The lowest BCUT2D eigenvalue weighted by molar-refractivity contribution is -0.870. The van der Waals surface area contributed by atoms with Gasteiger partial charge in [0.2, 0.25) is 5.91 Å². The largest absolute Gasteiger partial charge is 0.472 e. The smallest absolute Gasteiger partial charge is 0.456 e. The van der Waals surface area contributed by atoms with Gasteiger partial charge < -0.3 is 19.4 Å². The fourth-order valence-corrected chi connectivity index (χ4v) is 9.65. The average molecular weight is 1090 g/mol. The van der Waals surface area contributed by atoms with Gasteiger partial charge in [-0.15, -0.1) is 0 Å². The number of quaternary nitrogens is 1. The number of phosphoric acid groups is 1. The number of carbonyl (C=O) groups is 2. The number of carbonyl (C=O) groups excluding carboxylic acids is 2. The molecule has 0 aliphatic carbocycles. The standard InChI is InChI=1S/C66H121N2O7P/c1-7-10-13-16-19-22-25-27-29-31-32-33-34-35-36-37-39-41-44-47-50-53-56-59-66(70)75-64(57-54-51-48-45-42-24-21-18-15-12-9-3)63(62-74-76(71,72)73-61-60-68(4,5)6)67-65(69)58-55-52-49-46-43-40-38-30-28-26-23-20-17-14-11-8-2/h19,22,27,29-30,32-33,35-36,38,54,57,63-64H,7-18,20-21,23-26,28,31,34,37,39-53,55-56,58-62H2,1-6H3,(H-,67,69,71,72)/p+1/b22-19-,29-27-,33-32-,36-35-,38-30+,57-54-. The van der Waals surface area contributed by atoms with Gasteiger partial charge in [0, 0.05) is 12.8 Å². The molecule has 0 aromatic carbocycles. The molecule has 1 amide bonds. The number of rotatable bonds is 57. The van der Waals surface area contributed by atoms with Crippen molar-refractivity contribution in [1.82, 2.24) is 5.32 Å². The summed E-state index contributed by atoms with van der Waals surface area (Å²) in [5.41, 5.74) is 0. The van der Waals surface area contributed by atoms with Gasteiger partial charge in [-0.25, -0.2) is 4.57 Å². The number of ether oxygens (including phenoxy) is 1. The summed E-state index contributed by atoms with van der Waals surface area (Å²) in [5.74, 6) is -0.525. The first kappa shape index (κ1) is 73.5. The molecule has 3 unspecified atom stereocenters. The topological polar surface area (TPSA) is 111 Å². The second-order valence-corrected chi connectivity index (χ2v) is 24.0. The van der Waals surface area contributed by atoms with Crippen LogP contribution >= 0.6 is 7.82 Å². The Bertz CT molecular complexity index is 1530. The van der Waals surface area contributed by atoms with Crippen LogP contribution in [0.3, 0.4) is 0 Å². The van der Waals surface area contributed by atoms with Crippen LogP contribution in [0.1, 0.15) is 284 Å². The van der Waals surface area contributed by atoms with Gasteiger partial charge in [0.1, 0.15) is 19.3 Å². The molecular weight excluding hydrogens is 964 g/mol. The van der Waals surface area contributed by atoms with Crippen LogP contribution in [-0.4, -0.2) is 74.3 Å². The van der Waals surface area contributed by atoms with E-state index in [1.54, 1.807) is 0 Å². The van der Waals surface area contributed by atoms with E-state index in [9.17, 15) is 19.0 Å². The fourth-order valence-electron chi connectivity index (χ4n) is 8.92. The highest BCUT2D eigenvalue weighted by molar-refractivity contribution is 7.47. The molecule has 76 heavy (non-hydrogen) atoms. The summed E-state index contributed by atoms with van der Waals surface area (Å²) < 4.78 is 30.7. The minimum absolute atomic E-state index is 0.0347. The van der Waals surface area contributed by atoms with Crippen molar-refractivity contribution in [2.75, 3.05) is 40.9 Å². The Morgan fingerprint density at radius 3 is 1.24 bits per heavy atom. The SMILES string of the molecule is CCCCC/C=C\C/C=C\C/C=C\C/C=C\CCCCCCCCCC(=O)OC(/C=C\CCCCCCCCCCC)C(COP(=O)(O)OCC[N+](C)(C)C)NC(=O)CCCCCCC/C=C/CCCCCCCCC. The van der Waals surface area contributed by atoms with E-state index < -0.39 is 20.0 Å². The Hall–Kier alpha value is -2.55. The number of esters is 1. The number of hydrogen-bond donors (Lipinski definition) is 2. The van der Waals surface area contributed by atoms with Crippen LogP contribution in [-0.2, 0) is 27.9 Å². The normalized spacial score (nSPS) is 14.1. The van der Waals surface area contributed by atoms with Crippen molar-refractivity contribution in [1.29, 1.82) is 0 Å². The monoisotopic (exact) mass is 1090 g/mol. The molecule has 442 valence electrons. The molecule has 0 aromatic rings. The molecule has 2 N–H and O–H groups in total. The molecule has 0 aromatic heterocycles. The molecule has 0 bridgehead atoms. The van der Waals surface area contributed by atoms with Gasteiger partial charge >= 0.3 is 13.8 Å². The van der Waals surface area contributed by atoms with E-state index in [4.69, 9.17) is 13.8 Å². The quantitative estimate of drug-likeness (QED) is 0.0205. The molecular formula is C66H122N2O7P+. The minimum atomic E-state index is -4.45. The first-order valence-corrected chi connectivity index (χ1v) is 33.3. The predicted octanol–water partition coefficient (Wildman–Crippen LogP) is 19.6. The van der Waals surface area contributed by atoms with E-state index in [0.29, 0.717) is 17.4 Å². The fraction of sp³-hybridized carbons (Fsp3) is 0.788. The molecule has 0 aliphatic rings. The number of nitrogens with one attached hydrogen (secondary N) is 1. The molecule has 0 radical (unpaired) electrons. The Kier molecular flexibility index (Phi) is 53.9. The van der Waals surface area contributed by atoms with E-state index in [-0.39, 0.29) is 31.5 Å². The molecule has 0 heterocycles. The maximum Gasteiger partial charge on any atom is 0.472 e. The van der Waals surface area contributed by atoms with Crippen molar-refractivity contribution in [2.24, 2.45) is 0 Å². The van der Waals surface area contributed by atoms with Crippen molar-refractivity contribution in [3.63, 3.8) is 0 Å². The molecule has 0 aliphatic heterocycles. The van der Waals surface area contributed by atoms with Gasteiger partial charge in [0.25, 0.3) is 0 Å². The van der Waals surface area contributed by atoms with E-state index in [1.165, 1.54) is 141 Å². The molecule has 10 heteroatoms. The van der Waals surface area contributed by atoms with Crippen molar-refractivity contribution in [2.45, 2.75) is 296 Å². The number of amides is 1. The Morgan fingerprint density at radius 1 is 0.461 bits per heavy atom. The molecule has 3 atom stereocenters. The van der Waals surface area contributed by atoms with E-state index in [0.717, 1.165) is 109 Å². The lowest BCUT2D eigenvalue weighted by atomic mass is 10.1. The Balaban J connectivity index is 5.20. The zero-order valence-electron chi connectivity index (χ0n) is 50.5. The summed E-state index contributed by atoms with van der Waals surface area (Å²) in [6.07, 6.45) is 71.8. The maximum atomic E-state index is 13.5. The molecule has 0 saturated heterocycles. The number of hydrogen-bond acceptors (Lipinski definition) is 6. The van der Waals surface area contributed by atoms with Crippen molar-refractivity contribution >= 4 is 19.7 Å². The molecule has 0 fully saturated rings. The van der Waals surface area contributed by atoms with Gasteiger partial charge in [0.05, 0.1) is 33.8 Å². The second-order valence-electron chi connectivity index (χ2n) is 22.6. The van der Waals surface area contributed by atoms with Crippen LogP contribution in [0, 0.1) is 0 Å². The number of likely N-dealkylation sites (N-methyl/N-ethyl adjacent to an activating group) is 1. The van der Waals surface area contributed by atoms with Crippen LogP contribution in [0.25, 0.3) is 0 Å². The lowest BCUT2D eigenvalue weighted by Gasteiger charge is -2.27. The third kappa shape index (κ3) is 56.2. The molecule has 0 spiro atoms. The highest BCUT2D eigenvalue weighted by atomic mass is 31.2. The zero-order chi connectivity index (χ0) is 55.7. The number of phosphoric ester groups is 1. The van der Waals surface area contributed by atoms with Crippen LogP contribution in [0.2, 0.25) is 0 Å². The second kappa shape index (κ2) is 55.8. The van der Waals surface area contributed by atoms with Gasteiger partial charge in [-0.05, 0) is 102 Å². The highest BCUT2D eigenvalue weighted by Crippen LogP contribution is 2.43. The van der Waals surface area contributed by atoms with Crippen LogP contribution in [0.5, 0.6) is 0 Å². The first-order valence-electron chi connectivity index (χ1n) is 31.8. The third-order valence-electron chi connectivity index (χ3n) is 13.9. The molecule has 0 saturated carbocycles. The van der Waals surface area contributed by atoms with Crippen LogP contribution in [0.4, 0.5) is 0 Å². The third-order valence-corrected chi connectivity index (χ3v) is 14.9. The zero-order valence-corrected chi connectivity index (χ0v) is 51.4. The average Bonchev–Trinajstić information content (AvgIpc) is 3.38. The number of nitrogens with zero attached hydrogens (tertiary/aromatic N) is 1. The highest BCUT2D eigenvalue weighted by Gasteiger charge is 2.30. The van der Waals surface area contributed by atoms with E-state index in [2.05, 4.69) is 86.8 Å². The van der Waals surface area contributed by atoms with Gasteiger partial charge in [-0.2, -0.15) is 0 Å².